The van der Waals surface area contributed by atoms with Gasteiger partial charge in [0.05, 0.1) is 25.8 Å². The van der Waals surface area contributed by atoms with E-state index < -0.39 is 25.3 Å². The number of nitrogen functional groups attached to an aromatic ring is 1. The van der Waals surface area contributed by atoms with E-state index in [0.29, 0.717) is 5.56 Å². The molecule has 1 rings (SSSR count). The number of aliphatic hydroxyl groups excluding tert-OH is 1. The molecule has 0 aliphatic rings. The van der Waals surface area contributed by atoms with Gasteiger partial charge in [0.2, 0.25) is 0 Å². The fraction of sp³-hybridized carbons (Fsp3) is 0.462. The average Bonchev–Trinajstić information content (AvgIpc) is 2.36. The molecule has 1 aromatic rings. The topological polar surface area (TPSA) is 75.8 Å². The molecule has 118 valence electrons. The summed E-state index contributed by atoms with van der Waals surface area (Å²) in [5.41, 5.74) is 6.18. The highest BCUT2D eigenvalue weighted by molar-refractivity contribution is 5.96. The van der Waals surface area contributed by atoms with E-state index in [-0.39, 0.29) is 24.3 Å². The van der Waals surface area contributed by atoms with Gasteiger partial charge in [0.25, 0.3) is 0 Å². The number of ether oxygens (including phenoxy) is 1. The number of carbonyl (C=O) groups excluding carboxylic acids is 1. The van der Waals surface area contributed by atoms with E-state index >= 15 is 0 Å². The van der Waals surface area contributed by atoms with Crippen LogP contribution in [-0.2, 0) is 11.3 Å². The van der Waals surface area contributed by atoms with Crippen LogP contribution in [0.5, 0.6) is 0 Å². The van der Waals surface area contributed by atoms with E-state index in [1.807, 2.05) is 0 Å². The lowest BCUT2D eigenvalue weighted by Gasteiger charge is -2.24. The van der Waals surface area contributed by atoms with Gasteiger partial charge in [-0.05, 0) is 11.6 Å². The van der Waals surface area contributed by atoms with Gasteiger partial charge >= 0.3 is 12.1 Å². The van der Waals surface area contributed by atoms with Crippen LogP contribution in [0.25, 0.3) is 0 Å². The molecule has 0 spiro atoms. The lowest BCUT2D eigenvalue weighted by atomic mass is 10.0. The first-order valence-electron chi connectivity index (χ1n) is 6.14. The van der Waals surface area contributed by atoms with Crippen LogP contribution in [0.4, 0.5) is 18.9 Å². The molecule has 0 saturated heterocycles. The zero-order valence-electron chi connectivity index (χ0n) is 11.5. The number of nitrogens with two attached hydrogens (primary N) is 1. The van der Waals surface area contributed by atoms with Crippen molar-refractivity contribution < 1.29 is 27.8 Å². The number of aliphatic hydroxyl groups is 1. The molecule has 21 heavy (non-hydrogen) atoms. The number of hydrogen-bond donors (Lipinski definition) is 2. The van der Waals surface area contributed by atoms with Crippen molar-refractivity contribution in [3.63, 3.8) is 0 Å². The largest absolute Gasteiger partial charge is 0.465 e. The summed E-state index contributed by atoms with van der Waals surface area (Å²) in [6.07, 6.45) is -4.40. The summed E-state index contributed by atoms with van der Waals surface area (Å²) >= 11 is 0. The lowest BCUT2D eigenvalue weighted by molar-refractivity contribution is -0.147. The van der Waals surface area contributed by atoms with Gasteiger partial charge in [-0.3, -0.25) is 4.90 Å². The summed E-state index contributed by atoms with van der Waals surface area (Å²) in [6, 6.07) is 4.51. The summed E-state index contributed by atoms with van der Waals surface area (Å²) < 4.78 is 42.1. The summed E-state index contributed by atoms with van der Waals surface area (Å²) in [5.74, 6) is -0.709. The van der Waals surface area contributed by atoms with Crippen molar-refractivity contribution in [3.05, 3.63) is 29.3 Å². The van der Waals surface area contributed by atoms with E-state index in [0.717, 1.165) is 4.90 Å². The van der Waals surface area contributed by atoms with Crippen LogP contribution in [0.2, 0.25) is 0 Å². The molecule has 0 radical (unpaired) electrons. The molecule has 0 heterocycles. The predicted molar refractivity (Wildman–Crippen MR) is 70.6 cm³/mol. The second-order valence-corrected chi connectivity index (χ2v) is 4.42. The number of methoxy groups -OCH3 is 1. The SMILES string of the molecule is COC(=O)c1c(N)cccc1CN(CCO)CC(F)(F)F. The smallest absolute Gasteiger partial charge is 0.401 e. The monoisotopic (exact) mass is 306 g/mol. The number of carbonyl (C=O) groups is 1. The number of halogens is 3. The van der Waals surface area contributed by atoms with Crippen molar-refractivity contribution in [2.45, 2.75) is 12.7 Å². The van der Waals surface area contributed by atoms with Crippen LogP contribution in [0.1, 0.15) is 15.9 Å². The zero-order chi connectivity index (χ0) is 16.0. The minimum absolute atomic E-state index is 0.0464. The van der Waals surface area contributed by atoms with Crippen molar-refractivity contribution in [2.75, 3.05) is 32.5 Å². The number of hydrogen-bond acceptors (Lipinski definition) is 5. The Hall–Kier alpha value is -1.80. The summed E-state index contributed by atoms with van der Waals surface area (Å²) in [6.45, 7) is -1.96. The van der Waals surface area contributed by atoms with Crippen LogP contribution in [-0.4, -0.2) is 49.0 Å². The van der Waals surface area contributed by atoms with Gasteiger partial charge in [-0.15, -0.1) is 0 Å². The maximum atomic E-state index is 12.5. The van der Waals surface area contributed by atoms with Crippen LogP contribution in [0, 0.1) is 0 Å². The van der Waals surface area contributed by atoms with Crippen LogP contribution >= 0.6 is 0 Å². The number of anilines is 1. The van der Waals surface area contributed by atoms with Gasteiger partial charge in [-0.2, -0.15) is 13.2 Å². The molecule has 0 unspecified atom stereocenters. The fourth-order valence-electron chi connectivity index (χ4n) is 1.95. The van der Waals surface area contributed by atoms with Crippen molar-refractivity contribution in [1.82, 2.24) is 4.90 Å². The third-order valence-electron chi connectivity index (χ3n) is 2.79. The van der Waals surface area contributed by atoms with Gasteiger partial charge in [0.1, 0.15) is 0 Å². The third-order valence-corrected chi connectivity index (χ3v) is 2.79. The standard InChI is InChI=1S/C13H17F3N2O3/c1-21-12(20)11-9(3-2-4-10(11)17)7-18(5-6-19)8-13(14,15)16/h2-4,19H,5-8,17H2,1H3. The molecule has 5 nitrogen and oxygen atoms in total. The Kier molecular flexibility index (Phi) is 5.98. The lowest BCUT2D eigenvalue weighted by Crippen LogP contribution is -2.36. The first-order valence-corrected chi connectivity index (χ1v) is 6.14. The Labute approximate surface area is 120 Å². The van der Waals surface area contributed by atoms with Gasteiger partial charge in [0.15, 0.2) is 0 Å². The molecule has 0 aromatic heterocycles. The van der Waals surface area contributed by atoms with Crippen molar-refractivity contribution in [3.8, 4) is 0 Å². The minimum Gasteiger partial charge on any atom is -0.465 e. The summed E-state index contributed by atoms with van der Waals surface area (Å²) in [4.78, 5) is 12.7. The molecule has 8 heteroatoms. The summed E-state index contributed by atoms with van der Waals surface area (Å²) in [7, 11) is 1.17. The van der Waals surface area contributed by atoms with Crippen molar-refractivity contribution >= 4 is 11.7 Å². The highest BCUT2D eigenvalue weighted by Gasteiger charge is 2.31. The molecule has 0 aliphatic carbocycles. The Bertz CT molecular complexity index is 492. The second-order valence-electron chi connectivity index (χ2n) is 4.42. The predicted octanol–water partition coefficient (Wildman–Crippen LogP) is 1.41. The minimum atomic E-state index is -4.40. The molecule has 0 aliphatic heterocycles. The third kappa shape index (κ3) is 5.24. The molecule has 0 fully saturated rings. The van der Waals surface area contributed by atoms with E-state index in [1.165, 1.54) is 19.2 Å². The van der Waals surface area contributed by atoms with Crippen molar-refractivity contribution in [1.29, 1.82) is 0 Å². The van der Waals surface area contributed by atoms with E-state index in [9.17, 15) is 18.0 Å². The molecule has 0 bridgehead atoms. The zero-order valence-corrected chi connectivity index (χ0v) is 11.5. The normalized spacial score (nSPS) is 11.7. The first kappa shape index (κ1) is 17.3. The number of nitrogens with zero attached hydrogens (tertiary/aromatic N) is 1. The molecule has 3 N–H and O–H groups in total. The molecule has 0 atom stereocenters. The van der Waals surface area contributed by atoms with E-state index in [1.54, 1.807) is 6.07 Å². The Balaban J connectivity index is 3.03. The van der Waals surface area contributed by atoms with E-state index in [2.05, 4.69) is 4.74 Å². The number of benzene rings is 1. The van der Waals surface area contributed by atoms with E-state index in [4.69, 9.17) is 10.8 Å². The van der Waals surface area contributed by atoms with Gasteiger partial charge in [-0.25, -0.2) is 4.79 Å². The van der Waals surface area contributed by atoms with Crippen LogP contribution < -0.4 is 5.73 Å². The molecule has 0 amide bonds. The average molecular weight is 306 g/mol. The molecule has 0 saturated carbocycles. The number of esters is 1. The van der Waals surface area contributed by atoms with Crippen LogP contribution in [0.3, 0.4) is 0 Å². The highest BCUT2D eigenvalue weighted by atomic mass is 19.4. The first-order chi connectivity index (χ1) is 9.78. The Morgan fingerprint density at radius 1 is 1.43 bits per heavy atom. The molecule has 1 aromatic carbocycles. The van der Waals surface area contributed by atoms with Gasteiger partial charge < -0.3 is 15.6 Å². The quantitative estimate of drug-likeness (QED) is 0.614. The maximum absolute atomic E-state index is 12.5. The highest BCUT2D eigenvalue weighted by Crippen LogP contribution is 2.22. The molecular formula is C13H17F3N2O3. The van der Waals surface area contributed by atoms with Crippen molar-refractivity contribution in [2.24, 2.45) is 0 Å². The Morgan fingerprint density at radius 2 is 2.10 bits per heavy atom. The Morgan fingerprint density at radius 3 is 2.62 bits per heavy atom. The number of alkyl halides is 3. The van der Waals surface area contributed by atoms with Gasteiger partial charge in [-0.1, -0.05) is 12.1 Å². The number of rotatable bonds is 6. The van der Waals surface area contributed by atoms with Crippen LogP contribution in [0.15, 0.2) is 18.2 Å². The fourth-order valence-corrected chi connectivity index (χ4v) is 1.95. The van der Waals surface area contributed by atoms with Gasteiger partial charge in [0, 0.05) is 18.8 Å². The second kappa shape index (κ2) is 7.28. The maximum Gasteiger partial charge on any atom is 0.401 e. The summed E-state index contributed by atoms with van der Waals surface area (Å²) in [5, 5.41) is 8.87. The molecular weight excluding hydrogens is 289 g/mol.